The predicted octanol–water partition coefficient (Wildman–Crippen LogP) is 3.52. The molecule has 0 radical (unpaired) electrons. The predicted molar refractivity (Wildman–Crippen MR) is 109 cm³/mol. The Hall–Kier alpha value is -3.04. The van der Waals surface area contributed by atoms with E-state index in [0.29, 0.717) is 11.6 Å². The molecule has 0 aliphatic heterocycles. The monoisotopic (exact) mass is 411 g/mol. The van der Waals surface area contributed by atoms with Crippen LogP contribution < -0.4 is 10.1 Å². The molecule has 3 heterocycles. The van der Waals surface area contributed by atoms with E-state index in [1.807, 2.05) is 46.5 Å². The van der Waals surface area contributed by atoms with Gasteiger partial charge in [0.15, 0.2) is 5.82 Å². The number of aromatic nitrogens is 4. The highest BCUT2D eigenvalue weighted by molar-refractivity contribution is 7.14. The number of hydrogen-bond donors (Lipinski definition) is 2. The molecule has 4 rings (SSSR count). The van der Waals surface area contributed by atoms with Gasteiger partial charge >= 0.3 is 0 Å². The zero-order chi connectivity index (χ0) is 19.3. The zero-order valence-corrected chi connectivity index (χ0v) is 16.6. The van der Waals surface area contributed by atoms with Gasteiger partial charge in [-0.1, -0.05) is 0 Å². The van der Waals surface area contributed by atoms with E-state index in [1.165, 1.54) is 0 Å². The van der Waals surface area contributed by atoms with Gasteiger partial charge in [-0.2, -0.15) is 16.4 Å². The van der Waals surface area contributed by atoms with E-state index in [9.17, 15) is 4.79 Å². The molecule has 4 aromatic rings. The number of thiazole rings is 1. The van der Waals surface area contributed by atoms with Crippen LogP contribution in [0.4, 0.5) is 0 Å². The van der Waals surface area contributed by atoms with Crippen LogP contribution in [0.3, 0.4) is 0 Å². The molecule has 0 atom stereocenters. The van der Waals surface area contributed by atoms with Crippen LogP contribution >= 0.6 is 22.7 Å². The number of thiophene rings is 1. The Balaban J connectivity index is 1.32. The number of carbonyl (C=O) groups excluding carboxylic acids is 1. The summed E-state index contributed by atoms with van der Waals surface area (Å²) in [6, 6.07) is 9.50. The summed E-state index contributed by atoms with van der Waals surface area (Å²) < 4.78 is 5.15. The standard InChI is InChI=1S/C19H17N5O2S2/c1-26-15-4-2-12(3-5-15)18-22-16(23-24-18)9-20-17(25)8-14-11-28-19(21-14)13-6-7-27-10-13/h2-7,10-11H,8-9H2,1H3,(H,20,25)(H,22,23,24). The van der Waals surface area contributed by atoms with E-state index in [-0.39, 0.29) is 18.9 Å². The van der Waals surface area contributed by atoms with Gasteiger partial charge in [0.25, 0.3) is 0 Å². The second-order valence-corrected chi connectivity index (χ2v) is 7.58. The van der Waals surface area contributed by atoms with Gasteiger partial charge in [-0.05, 0) is 35.7 Å². The molecule has 9 heteroatoms. The lowest BCUT2D eigenvalue weighted by molar-refractivity contribution is -0.120. The molecule has 1 amide bonds. The maximum Gasteiger partial charge on any atom is 0.226 e. The number of benzene rings is 1. The van der Waals surface area contributed by atoms with Crippen molar-refractivity contribution in [1.29, 1.82) is 0 Å². The van der Waals surface area contributed by atoms with Crippen molar-refractivity contribution in [3.8, 4) is 27.7 Å². The molecule has 0 bridgehead atoms. The topological polar surface area (TPSA) is 92.8 Å². The van der Waals surface area contributed by atoms with Crippen molar-refractivity contribution in [2.45, 2.75) is 13.0 Å². The van der Waals surface area contributed by atoms with Gasteiger partial charge in [-0.3, -0.25) is 9.89 Å². The first-order chi connectivity index (χ1) is 13.7. The van der Waals surface area contributed by atoms with Crippen molar-refractivity contribution < 1.29 is 9.53 Å². The van der Waals surface area contributed by atoms with E-state index in [2.05, 4.69) is 25.5 Å². The maximum absolute atomic E-state index is 12.2. The second kappa shape index (κ2) is 8.32. The lowest BCUT2D eigenvalue weighted by Crippen LogP contribution is -2.25. The summed E-state index contributed by atoms with van der Waals surface area (Å²) in [7, 11) is 1.62. The van der Waals surface area contributed by atoms with Crippen molar-refractivity contribution in [3.05, 3.63) is 58.0 Å². The number of nitrogens with one attached hydrogen (secondary N) is 2. The van der Waals surface area contributed by atoms with Crippen LogP contribution in [0, 0.1) is 0 Å². The highest BCUT2D eigenvalue weighted by Crippen LogP contribution is 2.25. The number of aromatic amines is 1. The number of H-pyrrole nitrogens is 1. The van der Waals surface area contributed by atoms with E-state index in [1.54, 1.807) is 29.8 Å². The molecule has 0 saturated heterocycles. The zero-order valence-electron chi connectivity index (χ0n) is 15.0. The number of nitrogens with zero attached hydrogens (tertiary/aromatic N) is 3. The number of ether oxygens (including phenoxy) is 1. The lowest BCUT2D eigenvalue weighted by atomic mass is 10.2. The van der Waals surface area contributed by atoms with E-state index in [4.69, 9.17) is 4.74 Å². The third-order valence-electron chi connectivity index (χ3n) is 3.99. The Morgan fingerprint density at radius 3 is 2.75 bits per heavy atom. The number of methoxy groups -OCH3 is 1. The summed E-state index contributed by atoms with van der Waals surface area (Å²) in [4.78, 5) is 21.2. The Labute approximate surface area is 169 Å². The lowest BCUT2D eigenvalue weighted by Gasteiger charge is -2.01. The maximum atomic E-state index is 12.2. The van der Waals surface area contributed by atoms with Gasteiger partial charge in [-0.25, -0.2) is 9.97 Å². The van der Waals surface area contributed by atoms with Crippen molar-refractivity contribution in [1.82, 2.24) is 25.5 Å². The summed E-state index contributed by atoms with van der Waals surface area (Å²) in [5.41, 5.74) is 2.73. The SMILES string of the molecule is COc1ccc(-c2n[nH]c(CNC(=O)Cc3csc(-c4ccsc4)n3)n2)cc1. The number of rotatable bonds is 7. The Kier molecular flexibility index (Phi) is 5.45. The third-order valence-corrected chi connectivity index (χ3v) is 5.62. The summed E-state index contributed by atoms with van der Waals surface area (Å²) in [5.74, 6) is 1.84. The molecule has 0 aliphatic rings. The van der Waals surface area contributed by atoms with Gasteiger partial charge in [0.05, 0.1) is 25.8 Å². The fourth-order valence-corrected chi connectivity index (χ4v) is 4.09. The van der Waals surface area contributed by atoms with Crippen molar-refractivity contribution in [3.63, 3.8) is 0 Å². The van der Waals surface area contributed by atoms with Crippen LogP contribution in [-0.2, 0) is 17.8 Å². The van der Waals surface area contributed by atoms with Crippen LogP contribution in [-0.4, -0.2) is 33.2 Å². The van der Waals surface area contributed by atoms with Crippen LogP contribution in [0.25, 0.3) is 22.0 Å². The molecular weight excluding hydrogens is 394 g/mol. The van der Waals surface area contributed by atoms with Crippen LogP contribution in [0.15, 0.2) is 46.5 Å². The molecule has 0 unspecified atom stereocenters. The molecule has 142 valence electrons. The molecule has 0 fully saturated rings. The highest BCUT2D eigenvalue weighted by atomic mass is 32.1. The van der Waals surface area contributed by atoms with Gasteiger partial charge in [-0.15, -0.1) is 11.3 Å². The van der Waals surface area contributed by atoms with Crippen molar-refractivity contribution in [2.75, 3.05) is 7.11 Å². The van der Waals surface area contributed by atoms with Crippen LogP contribution in [0.5, 0.6) is 5.75 Å². The summed E-state index contributed by atoms with van der Waals surface area (Å²) in [6.07, 6.45) is 0.236. The molecule has 0 aliphatic carbocycles. The molecule has 7 nitrogen and oxygen atoms in total. The first-order valence-corrected chi connectivity index (χ1v) is 10.3. The van der Waals surface area contributed by atoms with Gasteiger partial charge < -0.3 is 10.1 Å². The molecule has 3 aromatic heterocycles. The summed E-state index contributed by atoms with van der Waals surface area (Å²) in [6.45, 7) is 0.281. The fourth-order valence-electron chi connectivity index (χ4n) is 2.56. The third kappa shape index (κ3) is 4.26. The number of hydrogen-bond acceptors (Lipinski definition) is 7. The Morgan fingerprint density at radius 2 is 2.00 bits per heavy atom. The van der Waals surface area contributed by atoms with Gasteiger partial charge in [0, 0.05) is 21.9 Å². The van der Waals surface area contributed by atoms with Crippen LogP contribution in [0.2, 0.25) is 0 Å². The average Bonchev–Trinajstić information content (AvgIpc) is 3.47. The molecule has 0 spiro atoms. The average molecular weight is 412 g/mol. The van der Waals surface area contributed by atoms with Crippen molar-refractivity contribution >= 4 is 28.6 Å². The first-order valence-electron chi connectivity index (χ1n) is 8.50. The quantitative estimate of drug-likeness (QED) is 0.485. The minimum atomic E-state index is -0.107. The van der Waals surface area contributed by atoms with Crippen LogP contribution in [0.1, 0.15) is 11.5 Å². The van der Waals surface area contributed by atoms with Gasteiger partial charge in [0.1, 0.15) is 16.6 Å². The molecular formula is C19H17N5O2S2. The normalized spacial score (nSPS) is 10.8. The van der Waals surface area contributed by atoms with E-state index < -0.39 is 0 Å². The molecule has 0 saturated carbocycles. The summed E-state index contributed by atoms with van der Waals surface area (Å²) >= 11 is 3.18. The fraction of sp³-hybridized carbons (Fsp3) is 0.158. The molecule has 28 heavy (non-hydrogen) atoms. The van der Waals surface area contributed by atoms with Crippen molar-refractivity contribution in [2.24, 2.45) is 0 Å². The Morgan fingerprint density at radius 1 is 1.14 bits per heavy atom. The minimum absolute atomic E-state index is 0.107. The molecule has 2 N–H and O–H groups in total. The van der Waals surface area contributed by atoms with E-state index in [0.717, 1.165) is 27.6 Å². The summed E-state index contributed by atoms with van der Waals surface area (Å²) in [5, 5.41) is 16.8. The molecule has 1 aromatic carbocycles. The van der Waals surface area contributed by atoms with Gasteiger partial charge in [0.2, 0.25) is 5.91 Å². The van der Waals surface area contributed by atoms with E-state index >= 15 is 0 Å². The number of amides is 1. The smallest absolute Gasteiger partial charge is 0.226 e. The Bertz CT molecular complexity index is 1050. The minimum Gasteiger partial charge on any atom is -0.497 e. The second-order valence-electron chi connectivity index (χ2n) is 5.94. The first kappa shape index (κ1) is 18.3. The highest BCUT2D eigenvalue weighted by Gasteiger charge is 2.11. The number of carbonyl (C=O) groups is 1. The largest absolute Gasteiger partial charge is 0.497 e.